The van der Waals surface area contributed by atoms with E-state index in [4.69, 9.17) is 4.74 Å². The van der Waals surface area contributed by atoms with E-state index in [1.165, 1.54) is 0 Å². The van der Waals surface area contributed by atoms with Crippen molar-refractivity contribution in [3.05, 3.63) is 60.3 Å². The van der Waals surface area contributed by atoms with Crippen LogP contribution < -0.4 is 9.46 Å². The molecule has 0 unspecified atom stereocenters. The molecule has 0 spiro atoms. The molecule has 0 fully saturated rings. The summed E-state index contributed by atoms with van der Waals surface area (Å²) < 4.78 is 33.1. The molecule has 0 amide bonds. The Kier molecular flexibility index (Phi) is 4.40. The van der Waals surface area contributed by atoms with Gasteiger partial charge in [0.25, 0.3) is 10.0 Å². The Bertz CT molecular complexity index is 984. The number of hydrogen-bond donors (Lipinski definition) is 1. The standard InChI is InChI=1S/C18H18N2O3S/c1-3-23-16-9-7-15-12-17(10-8-14(15)11-16)24(21,22)20-18-6-4-5-13(2)19-18/h4-12H,3H2,1-2H3,(H,19,20). The molecule has 0 saturated heterocycles. The van der Waals surface area contributed by atoms with Crippen molar-refractivity contribution in [3.8, 4) is 5.75 Å². The number of nitrogens with zero attached hydrogens (tertiary/aromatic N) is 1. The number of sulfonamides is 1. The van der Waals surface area contributed by atoms with Crippen LogP contribution in [0.4, 0.5) is 5.82 Å². The second kappa shape index (κ2) is 6.49. The van der Waals surface area contributed by atoms with Gasteiger partial charge >= 0.3 is 0 Å². The fourth-order valence-corrected chi connectivity index (χ4v) is 3.46. The Morgan fingerprint density at radius 3 is 2.54 bits per heavy atom. The number of aryl methyl sites for hydroxylation is 1. The molecule has 1 aromatic heterocycles. The van der Waals surface area contributed by atoms with E-state index >= 15 is 0 Å². The fourth-order valence-electron chi connectivity index (χ4n) is 2.42. The molecule has 0 radical (unpaired) electrons. The lowest BCUT2D eigenvalue weighted by molar-refractivity contribution is 0.341. The van der Waals surface area contributed by atoms with E-state index in [0.717, 1.165) is 22.2 Å². The molecule has 0 aliphatic carbocycles. The van der Waals surface area contributed by atoms with E-state index in [0.29, 0.717) is 12.4 Å². The number of fused-ring (bicyclic) bond motifs is 1. The van der Waals surface area contributed by atoms with E-state index in [1.807, 2.05) is 38.1 Å². The highest BCUT2D eigenvalue weighted by atomic mass is 32.2. The third-order valence-corrected chi connectivity index (χ3v) is 4.88. The molecule has 0 saturated carbocycles. The highest BCUT2D eigenvalue weighted by Crippen LogP contribution is 2.24. The minimum Gasteiger partial charge on any atom is -0.494 e. The number of rotatable bonds is 5. The van der Waals surface area contributed by atoms with Crippen LogP contribution in [0.2, 0.25) is 0 Å². The van der Waals surface area contributed by atoms with Gasteiger partial charge in [0.2, 0.25) is 0 Å². The first kappa shape index (κ1) is 16.3. The molecule has 0 bridgehead atoms. The maximum absolute atomic E-state index is 12.6. The summed E-state index contributed by atoms with van der Waals surface area (Å²) in [7, 11) is -3.69. The number of anilines is 1. The van der Waals surface area contributed by atoms with Crippen LogP contribution in [0, 0.1) is 6.92 Å². The molecule has 0 aliphatic rings. The van der Waals surface area contributed by atoms with Crippen LogP contribution in [0.1, 0.15) is 12.6 Å². The van der Waals surface area contributed by atoms with Gasteiger partial charge in [0.1, 0.15) is 11.6 Å². The van der Waals surface area contributed by atoms with E-state index < -0.39 is 10.0 Å². The van der Waals surface area contributed by atoms with Gasteiger partial charge in [0.05, 0.1) is 11.5 Å². The van der Waals surface area contributed by atoms with Gasteiger partial charge in [-0.3, -0.25) is 4.72 Å². The average molecular weight is 342 g/mol. The van der Waals surface area contributed by atoms with Gasteiger partial charge in [-0.1, -0.05) is 18.2 Å². The summed E-state index contributed by atoms with van der Waals surface area (Å²) in [5.74, 6) is 1.07. The van der Waals surface area contributed by atoms with Crippen molar-refractivity contribution in [3.63, 3.8) is 0 Å². The molecule has 6 heteroatoms. The Morgan fingerprint density at radius 2 is 1.79 bits per heavy atom. The van der Waals surface area contributed by atoms with Crippen LogP contribution in [0.3, 0.4) is 0 Å². The predicted octanol–water partition coefficient (Wildman–Crippen LogP) is 3.74. The zero-order valence-corrected chi connectivity index (χ0v) is 14.3. The van der Waals surface area contributed by atoms with E-state index in [2.05, 4.69) is 9.71 Å². The number of nitrogens with one attached hydrogen (secondary N) is 1. The summed E-state index contributed by atoms with van der Waals surface area (Å²) >= 11 is 0. The molecule has 1 N–H and O–H groups in total. The summed E-state index contributed by atoms with van der Waals surface area (Å²) in [5.41, 5.74) is 0.747. The maximum atomic E-state index is 12.6. The smallest absolute Gasteiger partial charge is 0.263 e. The van der Waals surface area contributed by atoms with Crippen molar-refractivity contribution in [1.82, 2.24) is 4.98 Å². The largest absolute Gasteiger partial charge is 0.494 e. The van der Waals surface area contributed by atoms with Gasteiger partial charge < -0.3 is 4.74 Å². The Hall–Kier alpha value is -2.60. The average Bonchev–Trinajstić information content (AvgIpc) is 2.54. The van der Waals surface area contributed by atoms with Crippen LogP contribution in [-0.4, -0.2) is 20.0 Å². The minimum atomic E-state index is -3.69. The monoisotopic (exact) mass is 342 g/mol. The molecule has 24 heavy (non-hydrogen) atoms. The van der Waals surface area contributed by atoms with Crippen LogP contribution >= 0.6 is 0 Å². The molecule has 3 aromatic rings. The Labute approximate surface area is 141 Å². The van der Waals surface area contributed by atoms with E-state index in [9.17, 15) is 8.42 Å². The third-order valence-electron chi connectivity index (χ3n) is 3.53. The lowest BCUT2D eigenvalue weighted by atomic mass is 10.1. The SMILES string of the molecule is CCOc1ccc2cc(S(=O)(=O)Nc3cccc(C)n3)ccc2c1. The first-order valence-electron chi connectivity index (χ1n) is 7.61. The number of pyridine rings is 1. The van der Waals surface area contributed by atoms with Crippen LogP contribution in [-0.2, 0) is 10.0 Å². The quantitative estimate of drug-likeness (QED) is 0.767. The topological polar surface area (TPSA) is 68.3 Å². The third kappa shape index (κ3) is 3.49. The number of aromatic nitrogens is 1. The van der Waals surface area contributed by atoms with E-state index in [1.54, 1.807) is 30.3 Å². The number of ether oxygens (including phenoxy) is 1. The van der Waals surface area contributed by atoms with Gasteiger partial charge in [0, 0.05) is 5.69 Å². The van der Waals surface area contributed by atoms with Gasteiger partial charge in [-0.2, -0.15) is 0 Å². The summed E-state index contributed by atoms with van der Waals surface area (Å²) in [6.45, 7) is 4.32. The van der Waals surface area contributed by atoms with Gasteiger partial charge in [-0.15, -0.1) is 0 Å². The second-order valence-electron chi connectivity index (χ2n) is 5.37. The predicted molar refractivity (Wildman–Crippen MR) is 94.9 cm³/mol. The summed E-state index contributed by atoms with van der Waals surface area (Å²) in [6.07, 6.45) is 0. The zero-order valence-electron chi connectivity index (χ0n) is 13.5. The molecular formula is C18H18N2O3S. The van der Waals surface area contributed by atoms with Gasteiger partial charge in [-0.25, -0.2) is 13.4 Å². The minimum absolute atomic E-state index is 0.197. The summed E-state index contributed by atoms with van der Waals surface area (Å²) in [6, 6.07) is 15.8. The number of benzene rings is 2. The molecule has 0 aliphatic heterocycles. The molecule has 0 atom stereocenters. The molecule has 3 rings (SSSR count). The first-order valence-corrected chi connectivity index (χ1v) is 9.09. The van der Waals surface area contributed by atoms with Crippen LogP contribution in [0.15, 0.2) is 59.5 Å². The van der Waals surface area contributed by atoms with Crippen molar-refractivity contribution in [2.24, 2.45) is 0 Å². The van der Waals surface area contributed by atoms with Crippen molar-refractivity contribution >= 4 is 26.6 Å². The molecular weight excluding hydrogens is 324 g/mol. The Morgan fingerprint density at radius 1 is 1.04 bits per heavy atom. The van der Waals surface area contributed by atoms with Gasteiger partial charge in [0.15, 0.2) is 0 Å². The molecule has 5 nitrogen and oxygen atoms in total. The lowest BCUT2D eigenvalue weighted by Gasteiger charge is -2.09. The van der Waals surface area contributed by atoms with Crippen molar-refractivity contribution in [2.75, 3.05) is 11.3 Å². The van der Waals surface area contributed by atoms with Crippen LogP contribution in [0.5, 0.6) is 5.75 Å². The fraction of sp³-hybridized carbons (Fsp3) is 0.167. The molecule has 124 valence electrons. The Balaban J connectivity index is 1.94. The van der Waals surface area contributed by atoms with Crippen molar-refractivity contribution < 1.29 is 13.2 Å². The second-order valence-corrected chi connectivity index (χ2v) is 7.06. The normalized spacial score (nSPS) is 11.4. The highest BCUT2D eigenvalue weighted by Gasteiger charge is 2.15. The summed E-state index contributed by atoms with van der Waals surface area (Å²) in [4.78, 5) is 4.37. The van der Waals surface area contributed by atoms with Crippen LogP contribution in [0.25, 0.3) is 10.8 Å². The van der Waals surface area contributed by atoms with Crippen molar-refractivity contribution in [2.45, 2.75) is 18.7 Å². The highest BCUT2D eigenvalue weighted by molar-refractivity contribution is 7.92. The first-order chi connectivity index (χ1) is 11.5. The lowest BCUT2D eigenvalue weighted by Crippen LogP contribution is -2.14. The van der Waals surface area contributed by atoms with Crippen molar-refractivity contribution in [1.29, 1.82) is 0 Å². The van der Waals surface area contributed by atoms with E-state index in [-0.39, 0.29) is 4.90 Å². The maximum Gasteiger partial charge on any atom is 0.263 e. The zero-order chi connectivity index (χ0) is 17.2. The summed E-state index contributed by atoms with van der Waals surface area (Å²) in [5, 5.41) is 1.76. The number of hydrogen-bond acceptors (Lipinski definition) is 4. The molecule has 2 aromatic carbocycles. The van der Waals surface area contributed by atoms with Gasteiger partial charge in [-0.05, 0) is 61.0 Å². The molecule has 1 heterocycles.